The molecule has 8 heteroatoms. The second-order valence-electron chi connectivity index (χ2n) is 6.87. The lowest BCUT2D eigenvalue weighted by Crippen LogP contribution is -2.43. The van der Waals surface area contributed by atoms with E-state index in [0.717, 1.165) is 27.6 Å². The second-order valence-corrected chi connectivity index (χ2v) is 9.74. The summed E-state index contributed by atoms with van der Waals surface area (Å²) in [7, 11) is -1.65. The maximum absolute atomic E-state index is 11.9. The lowest BCUT2D eigenvalue weighted by Gasteiger charge is -2.29. The lowest BCUT2D eigenvalue weighted by atomic mass is 9.92. The second kappa shape index (κ2) is 7.96. The highest BCUT2D eigenvalue weighted by molar-refractivity contribution is 7.90. The molecule has 0 saturated heterocycles. The quantitative estimate of drug-likeness (QED) is 0.646. The number of hydrogen-bond acceptors (Lipinski definition) is 6. The number of carbonyl (C=O) groups excluding carboxylic acids is 1. The number of rotatable bonds is 6. The highest BCUT2D eigenvalue weighted by Crippen LogP contribution is 2.35. The van der Waals surface area contributed by atoms with E-state index in [1.54, 1.807) is 31.4 Å². The SMILES string of the molecule is COc1ccc(C(C)(NC(C)=O)c2nc(-c3ccc(S(C)(=O)=O)cc3)cs2)cc1. The number of carbonyl (C=O) groups is 1. The molecule has 0 aliphatic heterocycles. The largest absolute Gasteiger partial charge is 0.497 e. The zero-order valence-corrected chi connectivity index (χ0v) is 18.2. The molecule has 0 spiro atoms. The van der Waals surface area contributed by atoms with Crippen LogP contribution in [0.15, 0.2) is 58.8 Å². The van der Waals surface area contributed by atoms with E-state index < -0.39 is 15.4 Å². The van der Waals surface area contributed by atoms with Crippen LogP contribution in [-0.2, 0) is 20.2 Å². The molecule has 2 aromatic carbocycles. The van der Waals surface area contributed by atoms with Crippen molar-refractivity contribution in [2.75, 3.05) is 13.4 Å². The number of methoxy groups -OCH3 is 1. The van der Waals surface area contributed by atoms with Crippen molar-refractivity contribution in [2.24, 2.45) is 0 Å². The van der Waals surface area contributed by atoms with Gasteiger partial charge in [0.25, 0.3) is 0 Å². The van der Waals surface area contributed by atoms with Gasteiger partial charge >= 0.3 is 0 Å². The van der Waals surface area contributed by atoms with E-state index in [0.29, 0.717) is 0 Å². The van der Waals surface area contributed by atoms with Crippen molar-refractivity contribution < 1.29 is 17.9 Å². The molecule has 1 amide bonds. The van der Waals surface area contributed by atoms with Gasteiger partial charge in [0, 0.05) is 24.1 Å². The Kier molecular flexibility index (Phi) is 5.77. The molecule has 6 nitrogen and oxygen atoms in total. The highest BCUT2D eigenvalue weighted by atomic mass is 32.2. The van der Waals surface area contributed by atoms with Crippen molar-refractivity contribution >= 4 is 27.1 Å². The maximum atomic E-state index is 11.9. The van der Waals surface area contributed by atoms with Gasteiger partial charge in [0.2, 0.25) is 5.91 Å². The van der Waals surface area contributed by atoms with E-state index in [2.05, 4.69) is 5.32 Å². The molecule has 0 aliphatic rings. The predicted molar refractivity (Wildman–Crippen MR) is 114 cm³/mol. The van der Waals surface area contributed by atoms with Crippen molar-refractivity contribution in [3.05, 3.63) is 64.5 Å². The predicted octanol–water partition coefficient (Wildman–Crippen LogP) is 3.62. The molecule has 1 aromatic heterocycles. The summed E-state index contributed by atoms with van der Waals surface area (Å²) in [6.45, 7) is 3.38. The number of benzene rings is 2. The molecular formula is C21H22N2O4S2. The first-order valence-corrected chi connectivity index (χ1v) is 11.6. The summed E-state index contributed by atoms with van der Waals surface area (Å²) < 4.78 is 28.5. The zero-order chi connectivity index (χ0) is 21.2. The summed E-state index contributed by atoms with van der Waals surface area (Å²) in [5, 5.41) is 5.63. The van der Waals surface area contributed by atoms with Gasteiger partial charge in [-0.1, -0.05) is 24.3 Å². The maximum Gasteiger partial charge on any atom is 0.217 e. The van der Waals surface area contributed by atoms with Gasteiger partial charge in [0.1, 0.15) is 16.3 Å². The third-order valence-electron chi connectivity index (χ3n) is 4.60. The number of thiazole rings is 1. The third kappa shape index (κ3) is 4.49. The van der Waals surface area contributed by atoms with Crippen LogP contribution in [-0.4, -0.2) is 32.7 Å². The Bertz CT molecular complexity index is 1120. The van der Waals surface area contributed by atoms with Gasteiger partial charge in [-0.3, -0.25) is 4.79 Å². The summed E-state index contributed by atoms with van der Waals surface area (Å²) in [6.07, 6.45) is 1.18. The average Bonchev–Trinajstić information content (AvgIpc) is 3.18. The summed E-state index contributed by atoms with van der Waals surface area (Å²) in [5.41, 5.74) is 1.59. The van der Waals surface area contributed by atoms with Gasteiger partial charge in [-0.25, -0.2) is 13.4 Å². The Balaban J connectivity index is 2.00. The standard InChI is InChI=1S/C21H22N2O4S2/c1-14(24)23-21(2,16-7-9-17(27-3)10-8-16)20-22-19(13-28-20)15-5-11-18(12-6-15)29(4,25)26/h5-13H,1-4H3,(H,23,24). The van der Waals surface area contributed by atoms with Crippen LogP contribution in [0.25, 0.3) is 11.3 Å². The fourth-order valence-electron chi connectivity index (χ4n) is 3.03. The van der Waals surface area contributed by atoms with Crippen LogP contribution in [0.4, 0.5) is 0 Å². The molecule has 0 radical (unpaired) electrons. The van der Waals surface area contributed by atoms with Crippen molar-refractivity contribution in [2.45, 2.75) is 24.3 Å². The molecule has 3 aromatic rings. The molecule has 3 rings (SSSR count). The number of aromatic nitrogens is 1. The molecule has 1 N–H and O–H groups in total. The highest BCUT2D eigenvalue weighted by Gasteiger charge is 2.33. The fourth-order valence-corrected chi connectivity index (χ4v) is 4.63. The van der Waals surface area contributed by atoms with Gasteiger partial charge in [-0.05, 0) is 36.8 Å². The first kappa shape index (κ1) is 21.0. The van der Waals surface area contributed by atoms with Gasteiger partial charge < -0.3 is 10.1 Å². The minimum Gasteiger partial charge on any atom is -0.497 e. The van der Waals surface area contributed by atoms with E-state index in [9.17, 15) is 13.2 Å². The van der Waals surface area contributed by atoms with Gasteiger partial charge in [0.05, 0.1) is 17.7 Å². The Morgan fingerprint density at radius 3 is 2.24 bits per heavy atom. The Morgan fingerprint density at radius 2 is 1.72 bits per heavy atom. The molecule has 1 atom stereocenters. The number of amides is 1. The lowest BCUT2D eigenvalue weighted by molar-refractivity contribution is -0.120. The summed E-state index contributed by atoms with van der Waals surface area (Å²) in [6, 6.07) is 14.1. The Morgan fingerprint density at radius 1 is 1.10 bits per heavy atom. The number of hydrogen-bond donors (Lipinski definition) is 1. The Hall–Kier alpha value is -2.71. The average molecular weight is 431 g/mol. The molecule has 152 valence electrons. The fraction of sp³-hybridized carbons (Fsp3) is 0.238. The molecular weight excluding hydrogens is 408 g/mol. The van der Waals surface area contributed by atoms with Crippen molar-refractivity contribution in [1.29, 1.82) is 0 Å². The van der Waals surface area contributed by atoms with E-state index in [4.69, 9.17) is 9.72 Å². The van der Waals surface area contributed by atoms with E-state index in [1.807, 2.05) is 36.6 Å². The molecule has 0 bridgehead atoms. The molecule has 1 heterocycles. The van der Waals surface area contributed by atoms with Crippen LogP contribution in [0.3, 0.4) is 0 Å². The van der Waals surface area contributed by atoms with Crippen molar-refractivity contribution in [3.63, 3.8) is 0 Å². The third-order valence-corrected chi connectivity index (χ3v) is 6.80. The molecule has 0 aliphatic carbocycles. The van der Waals surface area contributed by atoms with Gasteiger partial charge in [-0.2, -0.15) is 0 Å². The monoisotopic (exact) mass is 430 g/mol. The number of nitrogens with one attached hydrogen (secondary N) is 1. The first-order valence-electron chi connectivity index (χ1n) is 8.83. The van der Waals surface area contributed by atoms with E-state index >= 15 is 0 Å². The summed E-state index contributed by atoms with van der Waals surface area (Å²) in [5.74, 6) is 0.558. The topological polar surface area (TPSA) is 85.4 Å². The van der Waals surface area contributed by atoms with Crippen LogP contribution in [0.1, 0.15) is 24.4 Å². The van der Waals surface area contributed by atoms with E-state index in [1.165, 1.54) is 24.5 Å². The number of nitrogens with zero attached hydrogens (tertiary/aromatic N) is 1. The Labute approximate surface area is 174 Å². The minimum absolute atomic E-state index is 0.169. The summed E-state index contributed by atoms with van der Waals surface area (Å²) >= 11 is 1.43. The smallest absolute Gasteiger partial charge is 0.217 e. The van der Waals surface area contributed by atoms with Crippen LogP contribution in [0.5, 0.6) is 5.75 Å². The van der Waals surface area contributed by atoms with Crippen LogP contribution >= 0.6 is 11.3 Å². The van der Waals surface area contributed by atoms with E-state index in [-0.39, 0.29) is 10.8 Å². The summed E-state index contributed by atoms with van der Waals surface area (Å²) in [4.78, 5) is 16.9. The van der Waals surface area contributed by atoms with Crippen LogP contribution in [0.2, 0.25) is 0 Å². The number of sulfone groups is 1. The minimum atomic E-state index is -3.25. The first-order chi connectivity index (χ1) is 13.6. The molecule has 0 saturated carbocycles. The zero-order valence-electron chi connectivity index (χ0n) is 16.6. The van der Waals surface area contributed by atoms with Crippen molar-refractivity contribution in [3.8, 4) is 17.0 Å². The normalized spacial score (nSPS) is 13.5. The van der Waals surface area contributed by atoms with Crippen LogP contribution < -0.4 is 10.1 Å². The molecule has 1 unspecified atom stereocenters. The van der Waals surface area contributed by atoms with Crippen LogP contribution in [0, 0.1) is 0 Å². The van der Waals surface area contributed by atoms with Gasteiger partial charge in [-0.15, -0.1) is 11.3 Å². The van der Waals surface area contributed by atoms with Gasteiger partial charge in [0.15, 0.2) is 9.84 Å². The van der Waals surface area contributed by atoms with Crippen molar-refractivity contribution in [1.82, 2.24) is 10.3 Å². The number of ether oxygens (including phenoxy) is 1. The molecule has 29 heavy (non-hydrogen) atoms. The molecule has 0 fully saturated rings.